The second kappa shape index (κ2) is 14.5. The molecule has 0 saturated carbocycles. The predicted octanol–water partition coefficient (Wildman–Crippen LogP) is 5.16. The number of carbonyl (C=O) groups is 1. The number of rotatable bonds is 14. The van der Waals surface area contributed by atoms with E-state index >= 15 is 0 Å². The lowest BCUT2D eigenvalue weighted by atomic mass is 9.79. The van der Waals surface area contributed by atoms with E-state index in [4.69, 9.17) is 18.9 Å². The minimum atomic E-state index is -1.93. The van der Waals surface area contributed by atoms with Gasteiger partial charge in [-0.05, 0) is 28.5 Å². The van der Waals surface area contributed by atoms with Gasteiger partial charge in [0.25, 0.3) is 0 Å². The van der Waals surface area contributed by atoms with Crippen molar-refractivity contribution in [1.82, 2.24) is 4.90 Å². The zero-order valence-electron chi connectivity index (χ0n) is 26.3. The van der Waals surface area contributed by atoms with Crippen LogP contribution in [0.4, 0.5) is 0 Å². The summed E-state index contributed by atoms with van der Waals surface area (Å²) in [7, 11) is 1.49. The summed E-state index contributed by atoms with van der Waals surface area (Å²) in [6, 6.07) is 12.5. The van der Waals surface area contributed by atoms with Crippen LogP contribution in [0.2, 0.25) is 13.1 Å². The lowest BCUT2D eigenvalue weighted by Gasteiger charge is -2.29. The molecule has 224 valence electrons. The summed E-state index contributed by atoms with van der Waals surface area (Å²) in [5.41, 5.74) is 2.46. The number of ether oxygens (including phenoxy) is 4. The average molecular weight is 574 g/mol. The van der Waals surface area contributed by atoms with E-state index < -0.39 is 8.07 Å². The van der Waals surface area contributed by atoms with E-state index in [2.05, 4.69) is 78.9 Å². The van der Waals surface area contributed by atoms with Gasteiger partial charge in [-0.2, -0.15) is 0 Å². The fourth-order valence-corrected chi connectivity index (χ4v) is 6.00. The Morgan fingerprint density at radius 3 is 1.93 bits per heavy atom. The number of methoxy groups -OCH3 is 1. The highest BCUT2D eigenvalue weighted by Gasteiger charge is 2.29. The molecule has 0 aliphatic rings. The van der Waals surface area contributed by atoms with Crippen molar-refractivity contribution in [3.8, 4) is 11.5 Å². The van der Waals surface area contributed by atoms with Crippen LogP contribution in [0.25, 0.3) is 0 Å². The Kier molecular flexibility index (Phi) is 12.2. The molecule has 0 aliphatic heterocycles. The summed E-state index contributed by atoms with van der Waals surface area (Å²) in [5.74, 6) is 1.09. The zero-order valence-corrected chi connectivity index (χ0v) is 27.3. The van der Waals surface area contributed by atoms with Crippen molar-refractivity contribution in [2.75, 3.05) is 53.4 Å². The first-order chi connectivity index (χ1) is 18.6. The zero-order chi connectivity index (χ0) is 30.1. The third kappa shape index (κ3) is 10.2. The largest absolute Gasteiger partial charge is 0.507 e. The second-order valence-corrected chi connectivity index (χ2v) is 17.8. The van der Waals surface area contributed by atoms with Gasteiger partial charge in [0.15, 0.2) is 0 Å². The van der Waals surface area contributed by atoms with E-state index in [1.165, 1.54) is 5.19 Å². The van der Waals surface area contributed by atoms with Crippen LogP contribution in [0.3, 0.4) is 0 Å². The van der Waals surface area contributed by atoms with Crippen molar-refractivity contribution in [2.45, 2.75) is 72.0 Å². The molecule has 0 heterocycles. The molecule has 0 fully saturated rings. The average Bonchev–Trinajstić information content (AvgIpc) is 2.86. The molecule has 0 spiro atoms. The normalized spacial score (nSPS) is 12.4. The van der Waals surface area contributed by atoms with E-state index in [1.807, 2.05) is 12.1 Å². The molecule has 2 rings (SSSR count). The number of carbonyl (C=O) groups excluding carboxylic acids is 1. The van der Waals surface area contributed by atoms with Gasteiger partial charge in [0.05, 0.1) is 32.7 Å². The molecule has 1 amide bonds. The maximum atomic E-state index is 12.4. The fraction of sp³-hybridized carbons (Fsp3) is 0.594. The SMILES string of the molecule is COCCOCCOCC(=O)N(C)Cc1ccc([Si](C)(C)COc2cc(C(C)(C)C)c(O)c(C(C)(C)C)c2)cc1. The number of phenols is 1. The van der Waals surface area contributed by atoms with Crippen LogP contribution < -0.4 is 9.92 Å². The first kappa shape index (κ1) is 33.8. The van der Waals surface area contributed by atoms with Crippen LogP contribution in [0.1, 0.15) is 58.2 Å². The Morgan fingerprint density at radius 1 is 0.875 bits per heavy atom. The number of nitrogens with zero attached hydrogens (tertiary/aromatic N) is 1. The van der Waals surface area contributed by atoms with E-state index in [1.54, 1.807) is 19.1 Å². The number of hydrogen-bond donors (Lipinski definition) is 1. The Hall–Kier alpha value is -2.39. The van der Waals surface area contributed by atoms with Crippen molar-refractivity contribution in [2.24, 2.45) is 0 Å². The standard InChI is InChI=1S/C32H51NO6Si/c1-31(2,3)27-19-25(20-28(30(27)35)32(4,5)6)39-23-40(9,10)26-13-11-24(12-14-26)21-33(7)29(34)22-38-18-17-37-16-15-36-8/h11-14,19-20,35H,15-18,21-23H2,1-10H3. The van der Waals surface area contributed by atoms with E-state index in [9.17, 15) is 9.90 Å². The van der Waals surface area contributed by atoms with E-state index in [0.29, 0.717) is 45.0 Å². The Labute approximate surface area is 242 Å². The van der Waals surface area contributed by atoms with Gasteiger partial charge in [0.2, 0.25) is 5.91 Å². The monoisotopic (exact) mass is 573 g/mol. The van der Waals surface area contributed by atoms with Crippen molar-refractivity contribution >= 4 is 19.2 Å². The first-order valence-corrected chi connectivity index (χ1v) is 17.3. The van der Waals surface area contributed by atoms with Crippen molar-refractivity contribution in [3.05, 3.63) is 53.1 Å². The topological polar surface area (TPSA) is 77.5 Å². The molecule has 1 N–H and O–H groups in total. The molecule has 8 heteroatoms. The van der Waals surface area contributed by atoms with Crippen molar-refractivity contribution < 1.29 is 28.8 Å². The van der Waals surface area contributed by atoms with Gasteiger partial charge in [-0.25, -0.2) is 0 Å². The van der Waals surface area contributed by atoms with Gasteiger partial charge < -0.3 is 29.0 Å². The van der Waals surface area contributed by atoms with Crippen molar-refractivity contribution in [1.29, 1.82) is 0 Å². The number of likely N-dealkylation sites (N-methyl/N-ethyl adjacent to an activating group) is 1. The van der Waals surface area contributed by atoms with Crippen LogP contribution >= 0.6 is 0 Å². The van der Waals surface area contributed by atoms with E-state index in [0.717, 1.165) is 22.4 Å². The summed E-state index contributed by atoms with van der Waals surface area (Å²) < 4.78 is 22.1. The Morgan fingerprint density at radius 2 is 1.40 bits per heavy atom. The molecule has 40 heavy (non-hydrogen) atoms. The van der Waals surface area contributed by atoms with Crippen LogP contribution in [-0.2, 0) is 36.4 Å². The van der Waals surface area contributed by atoms with Crippen LogP contribution in [-0.4, -0.2) is 77.4 Å². The van der Waals surface area contributed by atoms with Gasteiger partial charge in [0, 0.05) is 31.8 Å². The maximum absolute atomic E-state index is 12.4. The highest BCUT2D eigenvalue weighted by Crippen LogP contribution is 2.41. The summed E-state index contributed by atoms with van der Waals surface area (Å²) in [6.45, 7) is 19.7. The Balaban J connectivity index is 1.99. The lowest BCUT2D eigenvalue weighted by Crippen LogP contribution is -2.47. The molecule has 0 aliphatic carbocycles. The van der Waals surface area contributed by atoms with E-state index in [-0.39, 0.29) is 23.3 Å². The van der Waals surface area contributed by atoms with Crippen LogP contribution in [0, 0.1) is 0 Å². The molecule has 7 nitrogen and oxygen atoms in total. The number of amides is 1. The predicted molar refractivity (Wildman–Crippen MR) is 165 cm³/mol. The molecular formula is C32H51NO6Si. The van der Waals surface area contributed by atoms with Gasteiger partial charge in [-0.3, -0.25) is 4.79 Å². The number of benzene rings is 2. The second-order valence-electron chi connectivity index (χ2n) is 13.1. The number of phenolic OH excluding ortho intramolecular Hbond substituents is 1. The highest BCUT2D eigenvalue weighted by atomic mass is 28.3. The fourth-order valence-electron chi connectivity index (χ4n) is 4.24. The van der Waals surface area contributed by atoms with Crippen LogP contribution in [0.15, 0.2) is 36.4 Å². The molecular weight excluding hydrogens is 522 g/mol. The summed E-state index contributed by atoms with van der Waals surface area (Å²) in [6.07, 6.45) is 0.620. The molecule has 0 unspecified atom stereocenters. The minimum Gasteiger partial charge on any atom is -0.507 e. The molecule has 0 radical (unpaired) electrons. The molecule has 2 aromatic carbocycles. The maximum Gasteiger partial charge on any atom is 0.248 e. The van der Waals surface area contributed by atoms with Gasteiger partial charge >= 0.3 is 0 Å². The quantitative estimate of drug-likeness (QED) is 0.249. The van der Waals surface area contributed by atoms with Gasteiger partial charge in [-0.1, -0.05) is 84.1 Å². The first-order valence-electron chi connectivity index (χ1n) is 14.0. The third-order valence-electron chi connectivity index (χ3n) is 6.91. The number of aromatic hydroxyl groups is 1. The van der Waals surface area contributed by atoms with Crippen LogP contribution in [0.5, 0.6) is 11.5 Å². The molecule has 2 aromatic rings. The Bertz CT molecular complexity index is 1050. The molecule has 0 atom stereocenters. The smallest absolute Gasteiger partial charge is 0.248 e. The summed E-state index contributed by atoms with van der Waals surface area (Å²) in [5, 5.41) is 12.3. The molecule has 0 saturated heterocycles. The van der Waals surface area contributed by atoms with Crippen molar-refractivity contribution in [3.63, 3.8) is 0 Å². The third-order valence-corrected chi connectivity index (χ3v) is 9.67. The summed E-state index contributed by atoms with van der Waals surface area (Å²) >= 11 is 0. The summed E-state index contributed by atoms with van der Waals surface area (Å²) in [4.78, 5) is 14.1. The highest BCUT2D eigenvalue weighted by molar-refractivity contribution is 6.89. The number of hydrogen-bond acceptors (Lipinski definition) is 6. The molecule has 0 bridgehead atoms. The van der Waals surface area contributed by atoms with Gasteiger partial charge in [-0.15, -0.1) is 0 Å². The minimum absolute atomic E-state index is 0.0324. The molecule has 0 aromatic heterocycles. The van der Waals surface area contributed by atoms with Gasteiger partial charge in [0.1, 0.15) is 26.2 Å². The lowest BCUT2D eigenvalue weighted by molar-refractivity contribution is -0.135.